The molecule has 0 aliphatic heterocycles. The number of carbonyl (C=O) groups excluding carboxylic acids is 1. The van der Waals surface area contributed by atoms with Crippen molar-refractivity contribution in [3.05, 3.63) is 41.3 Å². The Hall–Kier alpha value is -2.74. The molecule has 9 heteroatoms. The molecule has 130 valence electrons. The van der Waals surface area contributed by atoms with E-state index in [2.05, 4.69) is 25.6 Å². The minimum absolute atomic E-state index is 0.0162. The van der Waals surface area contributed by atoms with Gasteiger partial charge < -0.3 is 10.1 Å². The highest BCUT2D eigenvalue weighted by atomic mass is 35.5. The molecule has 25 heavy (non-hydrogen) atoms. The minimum Gasteiger partial charge on any atom is -0.474 e. The number of nitrogens with zero attached hydrogens (tertiary/aromatic N) is 5. The van der Waals surface area contributed by atoms with Gasteiger partial charge in [0.2, 0.25) is 11.8 Å². The van der Waals surface area contributed by atoms with E-state index in [1.165, 1.54) is 6.20 Å². The third kappa shape index (κ3) is 4.42. The predicted octanol–water partition coefficient (Wildman–Crippen LogP) is 2.53. The van der Waals surface area contributed by atoms with E-state index in [4.69, 9.17) is 16.3 Å². The van der Waals surface area contributed by atoms with E-state index >= 15 is 0 Å². The fourth-order valence-corrected chi connectivity index (χ4v) is 2.27. The van der Waals surface area contributed by atoms with Crippen LogP contribution in [-0.2, 0) is 11.2 Å². The van der Waals surface area contributed by atoms with Crippen molar-refractivity contribution < 1.29 is 9.53 Å². The fraction of sp³-hybridized carbons (Fsp3) is 0.312. The number of aryl methyl sites for hydroxylation is 1. The Morgan fingerprint density at radius 3 is 2.84 bits per heavy atom. The maximum absolute atomic E-state index is 12.1. The number of pyridine rings is 1. The molecule has 0 unspecified atom stereocenters. The lowest BCUT2D eigenvalue weighted by Crippen LogP contribution is -2.14. The third-order valence-corrected chi connectivity index (χ3v) is 3.45. The molecule has 0 saturated heterocycles. The first-order valence-corrected chi connectivity index (χ1v) is 8.18. The van der Waals surface area contributed by atoms with E-state index in [9.17, 15) is 4.79 Å². The van der Waals surface area contributed by atoms with Crippen LogP contribution in [-0.4, -0.2) is 36.8 Å². The monoisotopic (exact) mass is 360 g/mol. The van der Waals surface area contributed by atoms with Gasteiger partial charge in [-0.15, -0.1) is 15.3 Å². The number of halogens is 1. The van der Waals surface area contributed by atoms with Gasteiger partial charge in [0.15, 0.2) is 11.5 Å². The maximum atomic E-state index is 12.1. The zero-order valence-electron chi connectivity index (χ0n) is 13.8. The van der Waals surface area contributed by atoms with Gasteiger partial charge in [0, 0.05) is 25.1 Å². The third-order valence-electron chi connectivity index (χ3n) is 3.23. The number of amides is 1. The highest BCUT2D eigenvalue weighted by Crippen LogP contribution is 2.13. The molecule has 3 aromatic heterocycles. The zero-order valence-corrected chi connectivity index (χ0v) is 14.6. The first kappa shape index (κ1) is 17.1. The van der Waals surface area contributed by atoms with Gasteiger partial charge in [-0.25, -0.2) is 4.98 Å². The summed E-state index contributed by atoms with van der Waals surface area (Å²) in [5, 5.41) is 15.7. The van der Waals surface area contributed by atoms with E-state index in [1.54, 1.807) is 28.8 Å². The number of hydrogen-bond acceptors (Lipinski definition) is 6. The zero-order chi connectivity index (χ0) is 17.8. The number of hydrogen-bond donors (Lipinski definition) is 1. The lowest BCUT2D eigenvalue weighted by atomic mass is 10.3. The van der Waals surface area contributed by atoms with Gasteiger partial charge in [0.05, 0.1) is 11.1 Å². The lowest BCUT2D eigenvalue weighted by Gasteiger charge is -2.08. The summed E-state index contributed by atoms with van der Waals surface area (Å²) in [7, 11) is 0. The molecule has 3 rings (SSSR count). The van der Waals surface area contributed by atoms with Gasteiger partial charge in [0.1, 0.15) is 5.82 Å². The number of aromatic nitrogens is 5. The summed E-state index contributed by atoms with van der Waals surface area (Å²) in [6.45, 7) is 3.85. The Bertz CT molecular complexity index is 878. The number of fused-ring (bicyclic) bond motifs is 1. The molecule has 3 heterocycles. The smallest absolute Gasteiger partial charge is 0.232 e. The van der Waals surface area contributed by atoms with Gasteiger partial charge in [-0.05, 0) is 32.0 Å². The van der Waals surface area contributed by atoms with Crippen LogP contribution < -0.4 is 10.1 Å². The van der Waals surface area contributed by atoms with Crippen molar-refractivity contribution in [3.8, 4) is 5.88 Å². The molecule has 1 N–H and O–H groups in total. The van der Waals surface area contributed by atoms with Crippen LogP contribution in [0.3, 0.4) is 0 Å². The van der Waals surface area contributed by atoms with E-state index in [1.807, 2.05) is 13.8 Å². The maximum Gasteiger partial charge on any atom is 0.232 e. The van der Waals surface area contributed by atoms with Crippen LogP contribution in [0.2, 0.25) is 5.02 Å². The molecule has 3 aromatic rings. The molecular weight excluding hydrogens is 344 g/mol. The summed E-state index contributed by atoms with van der Waals surface area (Å²) in [6.07, 6.45) is 2.10. The Kier molecular flexibility index (Phi) is 5.08. The van der Waals surface area contributed by atoms with Gasteiger partial charge in [-0.2, -0.15) is 4.52 Å². The largest absolute Gasteiger partial charge is 0.474 e. The van der Waals surface area contributed by atoms with Crippen LogP contribution >= 0.6 is 11.6 Å². The summed E-state index contributed by atoms with van der Waals surface area (Å²) in [4.78, 5) is 16.1. The van der Waals surface area contributed by atoms with Gasteiger partial charge >= 0.3 is 0 Å². The Balaban J connectivity index is 1.65. The predicted molar refractivity (Wildman–Crippen MR) is 92.7 cm³/mol. The molecule has 1 amide bonds. The summed E-state index contributed by atoms with van der Waals surface area (Å²) in [5.41, 5.74) is 0.603. The van der Waals surface area contributed by atoms with Gasteiger partial charge in [-0.1, -0.05) is 11.6 Å². The fourth-order valence-electron chi connectivity index (χ4n) is 2.16. The lowest BCUT2D eigenvalue weighted by molar-refractivity contribution is -0.116. The van der Waals surface area contributed by atoms with Gasteiger partial charge in [0.25, 0.3) is 0 Å². The summed E-state index contributed by atoms with van der Waals surface area (Å²) < 4.78 is 7.16. The summed E-state index contributed by atoms with van der Waals surface area (Å²) in [5.74, 6) is 1.34. The van der Waals surface area contributed by atoms with Crippen molar-refractivity contribution in [1.29, 1.82) is 0 Å². The van der Waals surface area contributed by atoms with Crippen LogP contribution in [0.5, 0.6) is 5.88 Å². The summed E-state index contributed by atoms with van der Waals surface area (Å²) in [6, 6.07) is 6.83. The molecule has 0 bridgehead atoms. The number of anilines is 1. The quantitative estimate of drug-likeness (QED) is 0.725. The second kappa shape index (κ2) is 7.43. The van der Waals surface area contributed by atoms with Crippen LogP contribution in [0.4, 0.5) is 5.82 Å². The molecular formula is C16H17ClN6O2. The molecule has 0 radical (unpaired) electrons. The minimum atomic E-state index is -0.179. The number of nitrogens with one attached hydrogen (secondary N) is 1. The number of carbonyl (C=O) groups is 1. The second-order valence-corrected chi connectivity index (χ2v) is 6.07. The van der Waals surface area contributed by atoms with Crippen molar-refractivity contribution >= 4 is 29.0 Å². The molecule has 0 aromatic carbocycles. The molecule has 0 atom stereocenters. The topological polar surface area (TPSA) is 94.3 Å². The van der Waals surface area contributed by atoms with Crippen LogP contribution in [0, 0.1) is 0 Å². The van der Waals surface area contributed by atoms with E-state index < -0.39 is 0 Å². The highest BCUT2D eigenvalue weighted by molar-refractivity contribution is 6.30. The molecule has 0 spiro atoms. The van der Waals surface area contributed by atoms with Crippen molar-refractivity contribution in [1.82, 2.24) is 24.8 Å². The van der Waals surface area contributed by atoms with Gasteiger partial charge in [-0.3, -0.25) is 4.79 Å². The second-order valence-electron chi connectivity index (χ2n) is 5.63. The Morgan fingerprint density at radius 1 is 1.28 bits per heavy atom. The summed E-state index contributed by atoms with van der Waals surface area (Å²) >= 11 is 5.77. The molecule has 0 aliphatic rings. The Morgan fingerprint density at radius 2 is 2.12 bits per heavy atom. The van der Waals surface area contributed by atoms with Crippen molar-refractivity contribution in [3.63, 3.8) is 0 Å². The van der Waals surface area contributed by atoms with E-state index in [0.29, 0.717) is 34.6 Å². The molecule has 0 aliphatic carbocycles. The van der Waals surface area contributed by atoms with Crippen LogP contribution in [0.1, 0.15) is 26.1 Å². The average molecular weight is 361 g/mol. The molecule has 0 fully saturated rings. The average Bonchev–Trinajstić information content (AvgIpc) is 2.97. The molecule has 0 saturated carbocycles. The van der Waals surface area contributed by atoms with Crippen LogP contribution in [0.25, 0.3) is 5.65 Å². The van der Waals surface area contributed by atoms with E-state index in [-0.39, 0.29) is 18.4 Å². The standard InChI is InChI=1S/C16H17ClN6O2/c1-10(2)25-16-8-6-14-21-20-13(23(14)22-16)5-7-15(24)19-12-4-3-11(17)9-18-12/h3-4,6,8-10H,5,7H2,1-2H3,(H,18,19,24). The number of ether oxygens (including phenoxy) is 1. The SMILES string of the molecule is CC(C)Oc1ccc2nnc(CCC(=O)Nc3ccc(Cl)cn3)n2n1. The van der Waals surface area contributed by atoms with Crippen molar-refractivity contribution in [2.45, 2.75) is 32.8 Å². The molecule has 8 nitrogen and oxygen atoms in total. The highest BCUT2D eigenvalue weighted by Gasteiger charge is 2.11. The van der Waals surface area contributed by atoms with Crippen molar-refractivity contribution in [2.24, 2.45) is 0 Å². The Labute approximate surface area is 149 Å². The van der Waals surface area contributed by atoms with Crippen LogP contribution in [0.15, 0.2) is 30.5 Å². The first-order chi connectivity index (χ1) is 12.0. The van der Waals surface area contributed by atoms with E-state index in [0.717, 1.165) is 0 Å². The van der Waals surface area contributed by atoms with Crippen molar-refractivity contribution in [2.75, 3.05) is 5.32 Å². The number of rotatable bonds is 6. The first-order valence-electron chi connectivity index (χ1n) is 7.80. The normalized spacial score (nSPS) is 11.0.